The fourth-order valence-corrected chi connectivity index (χ4v) is 2.13. The Labute approximate surface area is 101 Å². The lowest BCUT2D eigenvalue weighted by atomic mass is 9.93. The summed E-state index contributed by atoms with van der Waals surface area (Å²) < 4.78 is 5.78. The quantitative estimate of drug-likeness (QED) is 0.455. The average molecular weight is 227 g/mol. The maximum Gasteiger partial charge on any atom is 0.0778 e. The third kappa shape index (κ3) is 6.29. The van der Waals surface area contributed by atoms with E-state index < -0.39 is 0 Å². The van der Waals surface area contributed by atoms with Gasteiger partial charge in [-0.15, -0.1) is 6.58 Å². The van der Waals surface area contributed by atoms with Crippen LogP contribution in [-0.4, -0.2) is 25.3 Å². The van der Waals surface area contributed by atoms with Crippen LogP contribution < -0.4 is 5.32 Å². The first-order valence-corrected chi connectivity index (χ1v) is 6.50. The first kappa shape index (κ1) is 15.7. The molecule has 0 aliphatic rings. The molecule has 0 heterocycles. The molecule has 0 fully saturated rings. The molecular formula is C14H29NO. The van der Waals surface area contributed by atoms with Crippen LogP contribution in [0.25, 0.3) is 0 Å². The fraction of sp³-hybridized carbons (Fsp3) is 0.857. The first-order valence-electron chi connectivity index (χ1n) is 6.50. The lowest BCUT2D eigenvalue weighted by molar-refractivity contribution is -0.0388. The first-order chi connectivity index (χ1) is 7.58. The lowest BCUT2D eigenvalue weighted by Gasteiger charge is -2.34. The molecule has 2 heteroatoms. The molecule has 0 aromatic carbocycles. The average Bonchev–Trinajstić information content (AvgIpc) is 2.23. The topological polar surface area (TPSA) is 21.3 Å². The van der Waals surface area contributed by atoms with Crippen molar-refractivity contribution in [2.45, 2.75) is 64.5 Å². The van der Waals surface area contributed by atoms with Crippen molar-refractivity contribution in [3.63, 3.8) is 0 Å². The predicted octanol–water partition coefficient (Wildman–Crippen LogP) is 3.53. The van der Waals surface area contributed by atoms with Gasteiger partial charge >= 0.3 is 0 Å². The van der Waals surface area contributed by atoms with Crippen LogP contribution in [0.1, 0.15) is 52.9 Å². The fourth-order valence-electron chi connectivity index (χ4n) is 2.13. The zero-order valence-electron chi connectivity index (χ0n) is 11.5. The minimum Gasteiger partial charge on any atom is -0.374 e. The summed E-state index contributed by atoms with van der Waals surface area (Å²) in [6.45, 7) is 10.9. The molecular weight excluding hydrogens is 198 g/mol. The van der Waals surface area contributed by atoms with Crippen LogP contribution in [0.5, 0.6) is 0 Å². The molecule has 0 spiro atoms. The number of allylic oxidation sites excluding steroid dienone is 1. The molecule has 1 atom stereocenters. The predicted molar refractivity (Wildman–Crippen MR) is 71.8 cm³/mol. The molecule has 0 radical (unpaired) electrons. The normalized spacial score (nSPS) is 13.8. The Kier molecular flexibility index (Phi) is 8.58. The van der Waals surface area contributed by atoms with Gasteiger partial charge in [0.25, 0.3) is 0 Å². The molecule has 0 saturated heterocycles. The van der Waals surface area contributed by atoms with E-state index in [2.05, 4.69) is 32.7 Å². The van der Waals surface area contributed by atoms with E-state index in [1.165, 1.54) is 25.7 Å². The van der Waals surface area contributed by atoms with Crippen molar-refractivity contribution in [1.82, 2.24) is 5.32 Å². The Morgan fingerprint density at radius 1 is 1.31 bits per heavy atom. The summed E-state index contributed by atoms with van der Waals surface area (Å²) in [4.78, 5) is 0. The highest BCUT2D eigenvalue weighted by Gasteiger charge is 2.27. The van der Waals surface area contributed by atoms with Crippen molar-refractivity contribution < 1.29 is 4.74 Å². The second-order valence-electron chi connectivity index (χ2n) is 4.80. The van der Waals surface area contributed by atoms with Crippen LogP contribution in [0.15, 0.2) is 12.7 Å². The van der Waals surface area contributed by atoms with Gasteiger partial charge in [-0.2, -0.15) is 0 Å². The summed E-state index contributed by atoms with van der Waals surface area (Å²) in [7, 11) is 2.02. The minimum absolute atomic E-state index is 0.0675. The van der Waals surface area contributed by atoms with Gasteiger partial charge in [0.15, 0.2) is 0 Å². The number of unbranched alkanes of at least 4 members (excludes halogenated alkanes) is 3. The van der Waals surface area contributed by atoms with E-state index in [0.717, 1.165) is 13.0 Å². The monoisotopic (exact) mass is 227 g/mol. The highest BCUT2D eigenvalue weighted by atomic mass is 16.5. The standard InChI is InChI=1S/C14H29NO/c1-6-8-9-10-11-12-13(15-5)14(3,4)16-7-2/h6,13,15H,1,7-12H2,2-5H3. The highest BCUT2D eigenvalue weighted by molar-refractivity contribution is 4.84. The Morgan fingerprint density at radius 3 is 2.50 bits per heavy atom. The van der Waals surface area contributed by atoms with E-state index in [1.54, 1.807) is 0 Å². The molecule has 0 aliphatic carbocycles. The smallest absolute Gasteiger partial charge is 0.0778 e. The number of hydrogen-bond acceptors (Lipinski definition) is 2. The Hall–Kier alpha value is -0.340. The van der Waals surface area contributed by atoms with E-state index in [0.29, 0.717) is 6.04 Å². The summed E-state index contributed by atoms with van der Waals surface area (Å²) in [5.74, 6) is 0. The maximum atomic E-state index is 5.78. The van der Waals surface area contributed by atoms with Crippen molar-refractivity contribution in [1.29, 1.82) is 0 Å². The summed E-state index contributed by atoms with van der Waals surface area (Å²) in [6, 6.07) is 0.441. The summed E-state index contributed by atoms with van der Waals surface area (Å²) in [5.41, 5.74) is -0.0675. The van der Waals surface area contributed by atoms with Gasteiger partial charge in [-0.25, -0.2) is 0 Å². The van der Waals surface area contributed by atoms with Crippen LogP contribution in [0.4, 0.5) is 0 Å². The van der Waals surface area contributed by atoms with Crippen LogP contribution in [0, 0.1) is 0 Å². The van der Waals surface area contributed by atoms with Crippen molar-refractivity contribution in [2.75, 3.05) is 13.7 Å². The minimum atomic E-state index is -0.0675. The molecule has 0 aromatic rings. The molecule has 96 valence electrons. The van der Waals surface area contributed by atoms with E-state index in [9.17, 15) is 0 Å². The third-order valence-electron chi connectivity index (χ3n) is 3.11. The van der Waals surface area contributed by atoms with Gasteiger partial charge in [0.05, 0.1) is 5.60 Å². The molecule has 0 amide bonds. The van der Waals surface area contributed by atoms with E-state index in [4.69, 9.17) is 4.74 Å². The van der Waals surface area contributed by atoms with Gasteiger partial charge in [-0.1, -0.05) is 18.9 Å². The molecule has 1 N–H and O–H groups in total. The number of rotatable bonds is 10. The van der Waals surface area contributed by atoms with E-state index in [-0.39, 0.29) is 5.60 Å². The largest absolute Gasteiger partial charge is 0.374 e. The molecule has 0 aromatic heterocycles. The maximum absolute atomic E-state index is 5.78. The van der Waals surface area contributed by atoms with Crippen molar-refractivity contribution in [3.05, 3.63) is 12.7 Å². The van der Waals surface area contributed by atoms with Gasteiger partial charge in [-0.05, 0) is 47.1 Å². The zero-order chi connectivity index (χ0) is 12.4. The van der Waals surface area contributed by atoms with Crippen LogP contribution in [0.3, 0.4) is 0 Å². The molecule has 0 saturated carbocycles. The van der Waals surface area contributed by atoms with E-state index >= 15 is 0 Å². The number of nitrogens with one attached hydrogen (secondary N) is 1. The molecule has 1 unspecified atom stereocenters. The summed E-state index contributed by atoms with van der Waals surface area (Å²) >= 11 is 0. The second kappa shape index (κ2) is 8.77. The molecule has 0 bridgehead atoms. The zero-order valence-corrected chi connectivity index (χ0v) is 11.5. The molecule has 16 heavy (non-hydrogen) atoms. The summed E-state index contributed by atoms with van der Waals surface area (Å²) in [5, 5.41) is 3.37. The Morgan fingerprint density at radius 2 is 2.00 bits per heavy atom. The van der Waals surface area contributed by atoms with Crippen LogP contribution >= 0.6 is 0 Å². The van der Waals surface area contributed by atoms with Crippen molar-refractivity contribution in [2.24, 2.45) is 0 Å². The second-order valence-corrected chi connectivity index (χ2v) is 4.80. The van der Waals surface area contributed by atoms with Crippen molar-refractivity contribution >= 4 is 0 Å². The SMILES string of the molecule is C=CCCCCCC(NC)C(C)(C)OCC. The van der Waals surface area contributed by atoms with Crippen molar-refractivity contribution in [3.8, 4) is 0 Å². The van der Waals surface area contributed by atoms with Gasteiger partial charge in [0, 0.05) is 12.6 Å². The van der Waals surface area contributed by atoms with Gasteiger partial charge in [0.1, 0.15) is 0 Å². The van der Waals surface area contributed by atoms with Gasteiger partial charge in [-0.3, -0.25) is 0 Å². The van der Waals surface area contributed by atoms with E-state index in [1.807, 2.05) is 13.1 Å². The molecule has 2 nitrogen and oxygen atoms in total. The Bertz CT molecular complexity index is 178. The lowest BCUT2D eigenvalue weighted by Crippen LogP contribution is -2.47. The van der Waals surface area contributed by atoms with Gasteiger partial charge < -0.3 is 10.1 Å². The number of ether oxygens (including phenoxy) is 1. The summed E-state index contributed by atoms with van der Waals surface area (Å²) in [6.07, 6.45) is 8.12. The van der Waals surface area contributed by atoms with Crippen LogP contribution in [-0.2, 0) is 4.74 Å². The van der Waals surface area contributed by atoms with Crippen LogP contribution in [0.2, 0.25) is 0 Å². The Balaban J connectivity index is 3.85. The number of likely N-dealkylation sites (N-methyl/N-ethyl adjacent to an activating group) is 1. The highest BCUT2D eigenvalue weighted by Crippen LogP contribution is 2.20. The molecule has 0 rings (SSSR count). The molecule has 0 aliphatic heterocycles. The van der Waals surface area contributed by atoms with Gasteiger partial charge in [0.2, 0.25) is 0 Å². The third-order valence-corrected chi connectivity index (χ3v) is 3.11. The number of hydrogen-bond donors (Lipinski definition) is 1.